The maximum atomic E-state index is 11.2. The minimum absolute atomic E-state index is 0.0561. The van der Waals surface area contributed by atoms with E-state index < -0.39 is 0 Å². The number of halogens is 1. The molecular weight excluding hydrogens is 336 g/mol. The first-order valence-corrected chi connectivity index (χ1v) is 7.52. The molecule has 21 heavy (non-hydrogen) atoms. The summed E-state index contributed by atoms with van der Waals surface area (Å²) in [7, 11) is 0. The minimum atomic E-state index is -0.377. The van der Waals surface area contributed by atoms with Crippen LogP contribution < -0.4 is 5.32 Å². The number of benzene rings is 1. The summed E-state index contributed by atoms with van der Waals surface area (Å²) in [5.74, 6) is 0.474. The van der Waals surface area contributed by atoms with Crippen molar-refractivity contribution in [3.8, 4) is 0 Å². The summed E-state index contributed by atoms with van der Waals surface area (Å²) >= 11 is 3.38. The molecule has 6 nitrogen and oxygen atoms in total. The smallest absolute Gasteiger partial charge is 0.333 e. The highest BCUT2D eigenvalue weighted by atomic mass is 79.9. The van der Waals surface area contributed by atoms with Gasteiger partial charge in [-0.1, -0.05) is 35.0 Å². The highest BCUT2D eigenvalue weighted by molar-refractivity contribution is 9.10. The molecule has 0 radical (unpaired) electrons. The SMILES string of the molecule is CCCn1nc(C)c([N+](=O)[O-])c1NCc1ccc(Br)cc1. The zero-order chi connectivity index (χ0) is 15.4. The lowest BCUT2D eigenvalue weighted by molar-refractivity contribution is -0.384. The number of nitrogens with zero attached hydrogens (tertiary/aromatic N) is 3. The Balaban J connectivity index is 2.24. The van der Waals surface area contributed by atoms with E-state index in [1.807, 2.05) is 31.2 Å². The molecule has 1 N–H and O–H groups in total. The number of nitro groups is 1. The Kier molecular flexibility index (Phi) is 4.95. The van der Waals surface area contributed by atoms with Gasteiger partial charge in [0.2, 0.25) is 5.82 Å². The number of anilines is 1. The highest BCUT2D eigenvalue weighted by Crippen LogP contribution is 2.28. The lowest BCUT2D eigenvalue weighted by Crippen LogP contribution is -2.09. The third-order valence-electron chi connectivity index (χ3n) is 3.09. The van der Waals surface area contributed by atoms with Crippen LogP contribution in [0.1, 0.15) is 24.6 Å². The molecule has 0 fully saturated rings. The number of aryl methyl sites for hydroxylation is 2. The van der Waals surface area contributed by atoms with Crippen LogP contribution in [0.4, 0.5) is 11.5 Å². The second kappa shape index (κ2) is 6.71. The normalized spacial score (nSPS) is 10.6. The van der Waals surface area contributed by atoms with Gasteiger partial charge in [-0.05, 0) is 31.0 Å². The Labute approximate surface area is 131 Å². The molecule has 112 valence electrons. The van der Waals surface area contributed by atoms with E-state index in [0.717, 1.165) is 16.5 Å². The maximum Gasteiger partial charge on any atom is 0.333 e. The third-order valence-corrected chi connectivity index (χ3v) is 3.62. The first-order chi connectivity index (χ1) is 10.0. The Bertz CT molecular complexity index is 637. The topological polar surface area (TPSA) is 73.0 Å². The molecule has 0 aliphatic carbocycles. The van der Waals surface area contributed by atoms with Crippen LogP contribution in [0.25, 0.3) is 0 Å². The Hall–Kier alpha value is -1.89. The summed E-state index contributed by atoms with van der Waals surface area (Å²) in [5, 5.41) is 18.6. The summed E-state index contributed by atoms with van der Waals surface area (Å²) in [4.78, 5) is 10.8. The van der Waals surface area contributed by atoms with Crippen LogP contribution in [0.5, 0.6) is 0 Å². The molecule has 1 aromatic carbocycles. The van der Waals surface area contributed by atoms with E-state index in [1.54, 1.807) is 11.6 Å². The van der Waals surface area contributed by atoms with Crippen LogP contribution in [-0.2, 0) is 13.1 Å². The average molecular weight is 353 g/mol. The van der Waals surface area contributed by atoms with Crippen LogP contribution in [-0.4, -0.2) is 14.7 Å². The first-order valence-electron chi connectivity index (χ1n) is 6.73. The fourth-order valence-electron chi connectivity index (χ4n) is 2.13. The molecule has 0 spiro atoms. The van der Waals surface area contributed by atoms with E-state index in [2.05, 4.69) is 26.3 Å². The molecule has 1 heterocycles. The summed E-state index contributed by atoms with van der Waals surface area (Å²) in [6, 6.07) is 7.83. The van der Waals surface area contributed by atoms with E-state index in [4.69, 9.17) is 0 Å². The van der Waals surface area contributed by atoms with E-state index in [-0.39, 0.29) is 10.6 Å². The van der Waals surface area contributed by atoms with Crippen molar-refractivity contribution < 1.29 is 4.92 Å². The molecule has 0 aliphatic rings. The highest BCUT2D eigenvalue weighted by Gasteiger charge is 2.24. The molecule has 0 saturated heterocycles. The zero-order valence-corrected chi connectivity index (χ0v) is 13.6. The lowest BCUT2D eigenvalue weighted by Gasteiger charge is -2.08. The van der Waals surface area contributed by atoms with E-state index >= 15 is 0 Å². The molecule has 0 amide bonds. The van der Waals surface area contributed by atoms with Crippen molar-refractivity contribution in [3.63, 3.8) is 0 Å². The Morgan fingerprint density at radius 3 is 2.62 bits per heavy atom. The van der Waals surface area contributed by atoms with Gasteiger partial charge in [-0.25, -0.2) is 4.68 Å². The van der Waals surface area contributed by atoms with E-state index in [1.165, 1.54) is 0 Å². The van der Waals surface area contributed by atoms with E-state index in [0.29, 0.717) is 24.6 Å². The number of rotatable bonds is 6. The Morgan fingerprint density at radius 1 is 1.38 bits per heavy atom. The maximum absolute atomic E-state index is 11.2. The van der Waals surface area contributed by atoms with Crippen molar-refractivity contribution in [3.05, 3.63) is 50.1 Å². The van der Waals surface area contributed by atoms with Gasteiger partial charge >= 0.3 is 5.69 Å². The molecule has 0 saturated carbocycles. The summed E-state index contributed by atoms with van der Waals surface area (Å²) in [5.41, 5.74) is 1.54. The average Bonchev–Trinajstić information content (AvgIpc) is 2.74. The summed E-state index contributed by atoms with van der Waals surface area (Å²) in [6.07, 6.45) is 0.866. The van der Waals surface area contributed by atoms with Crippen LogP contribution in [0.2, 0.25) is 0 Å². The first kappa shape index (κ1) is 15.5. The third kappa shape index (κ3) is 3.60. The largest absolute Gasteiger partial charge is 0.360 e. The van der Waals surface area contributed by atoms with Gasteiger partial charge in [-0.2, -0.15) is 5.10 Å². The molecule has 2 rings (SSSR count). The van der Waals surface area contributed by atoms with Crippen molar-refractivity contribution in [2.45, 2.75) is 33.4 Å². The molecule has 0 aliphatic heterocycles. The van der Waals surface area contributed by atoms with Crippen molar-refractivity contribution in [2.75, 3.05) is 5.32 Å². The molecule has 0 atom stereocenters. The lowest BCUT2D eigenvalue weighted by atomic mass is 10.2. The molecule has 1 aromatic heterocycles. The van der Waals surface area contributed by atoms with E-state index in [9.17, 15) is 10.1 Å². The van der Waals surface area contributed by atoms with Gasteiger partial charge in [0, 0.05) is 17.6 Å². The van der Waals surface area contributed by atoms with Crippen LogP contribution in [0.3, 0.4) is 0 Å². The zero-order valence-electron chi connectivity index (χ0n) is 12.0. The van der Waals surface area contributed by atoms with Gasteiger partial charge in [0.1, 0.15) is 5.69 Å². The molecular formula is C14H17BrN4O2. The Morgan fingerprint density at radius 2 is 2.05 bits per heavy atom. The van der Waals surface area contributed by atoms with Crippen molar-refractivity contribution in [2.24, 2.45) is 0 Å². The minimum Gasteiger partial charge on any atom is -0.360 e. The monoisotopic (exact) mass is 352 g/mol. The predicted octanol–water partition coefficient (Wildman–Crippen LogP) is 3.88. The van der Waals surface area contributed by atoms with Gasteiger partial charge < -0.3 is 5.32 Å². The predicted molar refractivity (Wildman–Crippen MR) is 85.4 cm³/mol. The molecule has 7 heteroatoms. The van der Waals surface area contributed by atoms with Gasteiger partial charge in [-0.3, -0.25) is 10.1 Å². The number of nitrogens with one attached hydrogen (secondary N) is 1. The quantitative estimate of drug-likeness (QED) is 0.632. The number of aromatic nitrogens is 2. The van der Waals surface area contributed by atoms with Crippen LogP contribution in [0.15, 0.2) is 28.7 Å². The van der Waals surface area contributed by atoms with Gasteiger partial charge in [0.15, 0.2) is 0 Å². The second-order valence-electron chi connectivity index (χ2n) is 4.74. The van der Waals surface area contributed by atoms with Crippen LogP contribution in [0, 0.1) is 17.0 Å². The fourth-order valence-corrected chi connectivity index (χ4v) is 2.39. The van der Waals surface area contributed by atoms with Gasteiger partial charge in [0.25, 0.3) is 0 Å². The summed E-state index contributed by atoms with van der Waals surface area (Å²) < 4.78 is 2.68. The van der Waals surface area contributed by atoms with Crippen molar-refractivity contribution in [1.82, 2.24) is 9.78 Å². The number of hydrogen-bond acceptors (Lipinski definition) is 4. The molecule has 0 unspecified atom stereocenters. The second-order valence-corrected chi connectivity index (χ2v) is 5.66. The van der Waals surface area contributed by atoms with Gasteiger partial charge in [0.05, 0.1) is 4.92 Å². The van der Waals surface area contributed by atoms with Crippen LogP contribution >= 0.6 is 15.9 Å². The van der Waals surface area contributed by atoms with Crippen molar-refractivity contribution in [1.29, 1.82) is 0 Å². The molecule has 0 bridgehead atoms. The number of hydrogen-bond donors (Lipinski definition) is 1. The van der Waals surface area contributed by atoms with Gasteiger partial charge in [-0.15, -0.1) is 0 Å². The summed E-state index contributed by atoms with van der Waals surface area (Å²) in [6.45, 7) is 4.84. The van der Waals surface area contributed by atoms with Crippen molar-refractivity contribution >= 4 is 27.4 Å². The fraction of sp³-hybridized carbons (Fsp3) is 0.357. The standard InChI is InChI=1S/C14H17BrN4O2/c1-3-8-18-14(13(19(20)21)10(2)17-18)16-9-11-4-6-12(15)7-5-11/h4-7,16H,3,8-9H2,1-2H3. The molecule has 2 aromatic rings.